The van der Waals surface area contributed by atoms with E-state index in [0.717, 1.165) is 50.8 Å². The molecule has 3 aliphatic rings. The lowest BCUT2D eigenvalue weighted by Crippen LogP contribution is -2.47. The van der Waals surface area contributed by atoms with Gasteiger partial charge in [-0.15, -0.1) is 0 Å². The maximum Gasteiger partial charge on any atom is 0.303 e. The Balaban J connectivity index is 1.49. The zero-order valence-corrected chi connectivity index (χ0v) is 24.7. The molecule has 216 valence electrons. The van der Waals surface area contributed by atoms with Crippen LogP contribution in [0, 0.1) is 25.7 Å². The highest BCUT2D eigenvalue weighted by molar-refractivity contribution is 5.81. The topological polar surface area (TPSA) is 79.3 Å². The molecule has 3 heterocycles. The molecule has 0 aliphatic carbocycles. The minimum atomic E-state index is -0.936. The maximum atomic E-state index is 13.5. The van der Waals surface area contributed by atoms with Gasteiger partial charge in [0.25, 0.3) is 0 Å². The third kappa shape index (κ3) is 5.45. The van der Waals surface area contributed by atoms with Gasteiger partial charge in [0, 0.05) is 32.1 Å². The Morgan fingerprint density at radius 1 is 0.900 bits per heavy atom. The van der Waals surface area contributed by atoms with Gasteiger partial charge in [-0.05, 0) is 96.9 Å². The van der Waals surface area contributed by atoms with Crippen LogP contribution in [0.25, 0.3) is 0 Å². The number of hydrogen-bond acceptors (Lipinski definition) is 5. The van der Waals surface area contributed by atoms with Crippen molar-refractivity contribution in [2.75, 3.05) is 33.9 Å². The number of carboxylic acids is 1. The van der Waals surface area contributed by atoms with Crippen molar-refractivity contribution in [3.8, 4) is 11.5 Å². The van der Waals surface area contributed by atoms with E-state index < -0.39 is 5.97 Å². The lowest BCUT2D eigenvalue weighted by atomic mass is 9.71. The summed E-state index contributed by atoms with van der Waals surface area (Å²) in [5.74, 6) is 1.35. The first-order valence-corrected chi connectivity index (χ1v) is 14.8. The van der Waals surface area contributed by atoms with Crippen LogP contribution in [-0.2, 0) is 22.4 Å². The molecule has 7 heteroatoms. The lowest BCUT2D eigenvalue weighted by Gasteiger charge is -2.49. The summed E-state index contributed by atoms with van der Waals surface area (Å²) >= 11 is 0. The number of aliphatic carboxylic acids is 1. The van der Waals surface area contributed by atoms with Crippen LogP contribution in [0.1, 0.15) is 84.5 Å². The number of carbonyl (C=O) groups excluding carboxylic acids is 1. The molecular weight excluding hydrogens is 504 g/mol. The molecule has 1 amide bonds. The molecule has 40 heavy (non-hydrogen) atoms. The first-order valence-electron chi connectivity index (χ1n) is 14.8. The lowest BCUT2D eigenvalue weighted by molar-refractivity contribution is -0.142. The van der Waals surface area contributed by atoms with Crippen molar-refractivity contribution in [3.63, 3.8) is 0 Å². The molecule has 2 aromatic carbocycles. The predicted octanol–water partition coefficient (Wildman–Crippen LogP) is 5.65. The largest absolute Gasteiger partial charge is 0.493 e. The molecule has 1 fully saturated rings. The van der Waals surface area contributed by atoms with E-state index in [1.165, 1.54) is 27.8 Å². The van der Waals surface area contributed by atoms with E-state index in [1.54, 1.807) is 14.2 Å². The average molecular weight is 549 g/mol. The van der Waals surface area contributed by atoms with Crippen LogP contribution in [0.2, 0.25) is 0 Å². The number of piperidine rings is 1. The molecule has 3 aliphatic heterocycles. The third-order valence-electron chi connectivity index (χ3n) is 9.81. The van der Waals surface area contributed by atoms with Gasteiger partial charge in [0.05, 0.1) is 26.7 Å². The van der Waals surface area contributed by atoms with Crippen molar-refractivity contribution in [2.24, 2.45) is 11.8 Å². The van der Waals surface area contributed by atoms with Crippen molar-refractivity contribution >= 4 is 11.9 Å². The van der Waals surface area contributed by atoms with Crippen molar-refractivity contribution in [1.29, 1.82) is 0 Å². The number of hydrogen-bond donors (Lipinski definition) is 1. The highest BCUT2D eigenvalue weighted by Crippen LogP contribution is 2.48. The Labute approximate surface area is 238 Å². The van der Waals surface area contributed by atoms with Gasteiger partial charge >= 0.3 is 5.97 Å². The summed E-state index contributed by atoms with van der Waals surface area (Å²) < 4.78 is 11.3. The molecule has 7 nitrogen and oxygen atoms in total. The SMILES string of the molecule is CCC1CN2CCc3cc(C)c(C)cc3C2CC1CC1c2cc(OC)c(OC)cc2CCN1C(=O)CCC(=O)O. The molecule has 0 radical (unpaired) electrons. The zero-order valence-electron chi connectivity index (χ0n) is 24.7. The van der Waals surface area contributed by atoms with Crippen LogP contribution < -0.4 is 9.47 Å². The smallest absolute Gasteiger partial charge is 0.303 e. The highest BCUT2D eigenvalue weighted by Gasteiger charge is 2.41. The van der Waals surface area contributed by atoms with Crippen molar-refractivity contribution in [3.05, 3.63) is 57.6 Å². The van der Waals surface area contributed by atoms with Gasteiger partial charge in [-0.25, -0.2) is 0 Å². The van der Waals surface area contributed by atoms with Crippen LogP contribution in [0.15, 0.2) is 24.3 Å². The summed E-state index contributed by atoms with van der Waals surface area (Å²) in [7, 11) is 3.29. The van der Waals surface area contributed by atoms with E-state index in [-0.39, 0.29) is 24.8 Å². The first kappa shape index (κ1) is 28.5. The van der Waals surface area contributed by atoms with Gasteiger partial charge in [-0.3, -0.25) is 14.5 Å². The number of aryl methyl sites for hydroxylation is 2. The first-order chi connectivity index (χ1) is 19.2. The zero-order chi connectivity index (χ0) is 28.6. The van der Waals surface area contributed by atoms with E-state index in [4.69, 9.17) is 9.47 Å². The monoisotopic (exact) mass is 548 g/mol. The van der Waals surface area contributed by atoms with Crippen molar-refractivity contribution < 1.29 is 24.2 Å². The Morgan fingerprint density at radius 3 is 2.27 bits per heavy atom. The minimum Gasteiger partial charge on any atom is -0.493 e. The Bertz CT molecular complexity index is 1270. The summed E-state index contributed by atoms with van der Waals surface area (Å²) in [6.07, 6.45) is 4.75. The van der Waals surface area contributed by atoms with E-state index in [0.29, 0.717) is 35.9 Å². The molecule has 2 aromatic rings. The van der Waals surface area contributed by atoms with Gasteiger partial charge in [0.15, 0.2) is 11.5 Å². The fourth-order valence-electron chi connectivity index (χ4n) is 7.44. The number of amides is 1. The van der Waals surface area contributed by atoms with E-state index in [2.05, 4.69) is 43.9 Å². The fraction of sp³-hybridized carbons (Fsp3) is 0.576. The number of rotatable bonds is 8. The molecule has 1 saturated heterocycles. The standard InChI is InChI=1S/C33H44N2O5/c1-6-22-19-34-11-9-23-13-20(2)21(3)14-26(23)28(34)15-25(22)16-29-27-18-31(40-5)30(39-4)17-24(27)10-12-35(29)32(36)7-8-33(37)38/h13-14,17-18,22,25,28-29H,6-12,15-16,19H2,1-5H3,(H,37,38). The quantitative estimate of drug-likeness (QED) is 0.460. The number of fused-ring (bicyclic) bond motifs is 4. The molecule has 4 atom stereocenters. The van der Waals surface area contributed by atoms with E-state index >= 15 is 0 Å². The van der Waals surface area contributed by atoms with Crippen molar-refractivity contribution in [2.45, 2.75) is 77.8 Å². The van der Waals surface area contributed by atoms with Gasteiger partial charge in [-0.2, -0.15) is 0 Å². The third-order valence-corrected chi connectivity index (χ3v) is 9.81. The summed E-state index contributed by atoms with van der Waals surface area (Å²) in [5.41, 5.74) is 7.99. The predicted molar refractivity (Wildman–Crippen MR) is 155 cm³/mol. The van der Waals surface area contributed by atoms with Crippen LogP contribution >= 0.6 is 0 Å². The summed E-state index contributed by atoms with van der Waals surface area (Å²) in [4.78, 5) is 29.4. The van der Waals surface area contributed by atoms with E-state index in [1.807, 2.05) is 11.0 Å². The van der Waals surface area contributed by atoms with E-state index in [9.17, 15) is 14.7 Å². The number of carbonyl (C=O) groups is 2. The van der Waals surface area contributed by atoms with Crippen LogP contribution in [-0.4, -0.2) is 60.6 Å². The Hall–Kier alpha value is -3.06. The van der Waals surface area contributed by atoms with Gasteiger partial charge in [-0.1, -0.05) is 25.5 Å². The summed E-state index contributed by atoms with van der Waals surface area (Å²) in [6, 6.07) is 9.21. The number of nitrogens with zero attached hydrogens (tertiary/aromatic N) is 2. The molecule has 0 aromatic heterocycles. The number of carboxylic acid groups (broad SMARTS) is 1. The Morgan fingerprint density at radius 2 is 1.57 bits per heavy atom. The molecule has 0 spiro atoms. The minimum absolute atomic E-state index is 0.0265. The number of benzene rings is 2. The second kappa shape index (κ2) is 11.8. The molecular formula is C33H44N2O5. The second-order valence-electron chi connectivity index (χ2n) is 11.9. The van der Waals surface area contributed by atoms with Crippen LogP contribution in [0.4, 0.5) is 0 Å². The molecule has 5 rings (SSSR count). The van der Waals surface area contributed by atoms with Gasteiger partial charge in [0.1, 0.15) is 0 Å². The fourth-order valence-corrected chi connectivity index (χ4v) is 7.44. The van der Waals surface area contributed by atoms with Gasteiger partial charge in [0.2, 0.25) is 5.91 Å². The second-order valence-corrected chi connectivity index (χ2v) is 11.9. The highest BCUT2D eigenvalue weighted by atomic mass is 16.5. The summed E-state index contributed by atoms with van der Waals surface area (Å²) in [5, 5.41) is 9.26. The van der Waals surface area contributed by atoms with Crippen LogP contribution in [0.3, 0.4) is 0 Å². The normalized spacial score (nSPS) is 24.1. The molecule has 1 N–H and O–H groups in total. The summed E-state index contributed by atoms with van der Waals surface area (Å²) in [6.45, 7) is 9.49. The van der Waals surface area contributed by atoms with Crippen LogP contribution in [0.5, 0.6) is 11.5 Å². The van der Waals surface area contributed by atoms with Gasteiger partial charge < -0.3 is 19.5 Å². The molecule has 4 unspecified atom stereocenters. The number of ether oxygens (including phenoxy) is 2. The average Bonchev–Trinajstić information content (AvgIpc) is 2.95. The van der Waals surface area contributed by atoms with Crippen molar-refractivity contribution in [1.82, 2.24) is 9.80 Å². The molecule has 0 bridgehead atoms. The number of methoxy groups -OCH3 is 2. The molecule has 0 saturated carbocycles. The maximum absolute atomic E-state index is 13.5. The Kier molecular flexibility index (Phi) is 8.41.